The van der Waals surface area contributed by atoms with E-state index < -0.39 is 5.97 Å². The molecule has 0 aliphatic carbocycles. The Hall–Kier alpha value is -2.07. The zero-order valence-corrected chi connectivity index (χ0v) is 11.2. The van der Waals surface area contributed by atoms with Crippen LogP contribution in [0.4, 0.5) is 0 Å². The fourth-order valence-corrected chi connectivity index (χ4v) is 1.78. The number of hydrogen-bond donors (Lipinski definition) is 1. The Balaban J connectivity index is 2.24. The highest BCUT2D eigenvalue weighted by Gasteiger charge is 2.07. The molecule has 0 atom stereocenters. The van der Waals surface area contributed by atoms with Crippen molar-refractivity contribution in [1.82, 2.24) is 4.98 Å². The molecular formula is C14H12ClNO3. The number of hydrogen-bond acceptors (Lipinski definition) is 3. The van der Waals surface area contributed by atoms with Gasteiger partial charge in [-0.25, -0.2) is 9.78 Å². The van der Waals surface area contributed by atoms with Crippen LogP contribution in [0.3, 0.4) is 0 Å². The number of aromatic nitrogens is 1. The third-order valence-electron chi connectivity index (χ3n) is 2.60. The highest BCUT2D eigenvalue weighted by molar-refractivity contribution is 6.32. The van der Waals surface area contributed by atoms with Crippen molar-refractivity contribution in [3.63, 3.8) is 0 Å². The third-order valence-corrected chi connectivity index (χ3v) is 3.20. The molecule has 0 aliphatic rings. The minimum atomic E-state index is -1.07. The first-order valence-electron chi connectivity index (χ1n) is 5.61. The Morgan fingerprint density at radius 2 is 1.84 bits per heavy atom. The summed E-state index contributed by atoms with van der Waals surface area (Å²) in [6.45, 7) is 3.79. The van der Waals surface area contributed by atoms with E-state index in [1.54, 1.807) is 6.07 Å². The standard InChI is InChI=1S/C14H12ClNO3/c1-8-5-11(6-9(2)13(8)15)19-10-3-4-12(14(17)18)16-7-10/h3-7H,1-2H3,(H,17,18). The topological polar surface area (TPSA) is 59.4 Å². The summed E-state index contributed by atoms with van der Waals surface area (Å²) in [5, 5.41) is 9.47. The third kappa shape index (κ3) is 3.03. The Labute approximate surface area is 115 Å². The molecular weight excluding hydrogens is 266 g/mol. The molecule has 98 valence electrons. The number of carbonyl (C=O) groups is 1. The number of ether oxygens (including phenoxy) is 1. The van der Waals surface area contributed by atoms with E-state index in [0.29, 0.717) is 16.5 Å². The lowest BCUT2D eigenvalue weighted by Crippen LogP contribution is -1.99. The maximum atomic E-state index is 10.7. The number of rotatable bonds is 3. The molecule has 1 aromatic carbocycles. The van der Waals surface area contributed by atoms with E-state index in [1.807, 2.05) is 26.0 Å². The van der Waals surface area contributed by atoms with Crippen molar-refractivity contribution >= 4 is 17.6 Å². The summed E-state index contributed by atoms with van der Waals surface area (Å²) in [5.74, 6) is 0.0557. The van der Waals surface area contributed by atoms with Crippen LogP contribution in [0.5, 0.6) is 11.5 Å². The number of pyridine rings is 1. The highest BCUT2D eigenvalue weighted by atomic mass is 35.5. The Morgan fingerprint density at radius 1 is 1.21 bits per heavy atom. The van der Waals surface area contributed by atoms with Gasteiger partial charge in [-0.2, -0.15) is 0 Å². The fourth-order valence-electron chi connectivity index (χ4n) is 1.67. The summed E-state index contributed by atoms with van der Waals surface area (Å²) in [5.41, 5.74) is 1.83. The molecule has 1 heterocycles. The second kappa shape index (κ2) is 5.28. The van der Waals surface area contributed by atoms with Crippen molar-refractivity contribution in [2.24, 2.45) is 0 Å². The van der Waals surface area contributed by atoms with Crippen molar-refractivity contribution in [1.29, 1.82) is 0 Å². The number of aromatic carboxylic acids is 1. The molecule has 1 aromatic heterocycles. The van der Waals surface area contributed by atoms with Crippen molar-refractivity contribution in [2.75, 3.05) is 0 Å². The molecule has 0 spiro atoms. The Bertz CT molecular complexity index is 600. The molecule has 0 saturated heterocycles. The maximum absolute atomic E-state index is 10.7. The van der Waals surface area contributed by atoms with E-state index in [4.69, 9.17) is 21.4 Å². The summed E-state index contributed by atoms with van der Waals surface area (Å²) in [7, 11) is 0. The summed E-state index contributed by atoms with van der Waals surface area (Å²) < 4.78 is 5.62. The van der Waals surface area contributed by atoms with Crippen LogP contribution in [0, 0.1) is 13.8 Å². The van der Waals surface area contributed by atoms with E-state index in [-0.39, 0.29) is 5.69 Å². The van der Waals surface area contributed by atoms with Gasteiger partial charge in [-0.1, -0.05) is 11.6 Å². The Morgan fingerprint density at radius 3 is 2.32 bits per heavy atom. The lowest BCUT2D eigenvalue weighted by Gasteiger charge is -2.09. The van der Waals surface area contributed by atoms with E-state index >= 15 is 0 Å². The molecule has 0 amide bonds. The van der Waals surface area contributed by atoms with Gasteiger partial charge in [0.25, 0.3) is 0 Å². The number of carboxylic acids is 1. The maximum Gasteiger partial charge on any atom is 0.354 e. The molecule has 0 saturated carbocycles. The van der Waals surface area contributed by atoms with E-state index in [9.17, 15) is 4.79 Å². The minimum absolute atomic E-state index is 0.0178. The number of carboxylic acid groups (broad SMARTS) is 1. The van der Waals surface area contributed by atoms with Crippen molar-refractivity contribution < 1.29 is 14.6 Å². The lowest BCUT2D eigenvalue weighted by molar-refractivity contribution is 0.0690. The van der Waals surface area contributed by atoms with Crippen LogP contribution in [0.15, 0.2) is 30.5 Å². The van der Waals surface area contributed by atoms with Crippen LogP contribution in [0.25, 0.3) is 0 Å². The minimum Gasteiger partial charge on any atom is -0.477 e. The average molecular weight is 278 g/mol. The monoisotopic (exact) mass is 277 g/mol. The molecule has 0 bridgehead atoms. The molecule has 19 heavy (non-hydrogen) atoms. The highest BCUT2D eigenvalue weighted by Crippen LogP contribution is 2.28. The summed E-state index contributed by atoms with van der Waals surface area (Å²) >= 11 is 6.08. The van der Waals surface area contributed by atoms with Crippen molar-refractivity contribution in [2.45, 2.75) is 13.8 Å². The van der Waals surface area contributed by atoms with Crippen LogP contribution in [-0.2, 0) is 0 Å². The van der Waals surface area contributed by atoms with Gasteiger partial charge in [-0.3, -0.25) is 0 Å². The zero-order chi connectivity index (χ0) is 14.0. The van der Waals surface area contributed by atoms with Gasteiger partial charge in [0, 0.05) is 5.02 Å². The summed E-state index contributed by atoms with van der Waals surface area (Å²) in [6.07, 6.45) is 1.38. The van der Waals surface area contributed by atoms with E-state index in [2.05, 4.69) is 4.98 Å². The lowest BCUT2D eigenvalue weighted by atomic mass is 10.1. The molecule has 2 rings (SSSR count). The molecule has 4 nitrogen and oxygen atoms in total. The zero-order valence-electron chi connectivity index (χ0n) is 10.5. The molecule has 1 N–H and O–H groups in total. The quantitative estimate of drug-likeness (QED) is 0.926. The molecule has 0 aliphatic heterocycles. The van der Waals surface area contributed by atoms with Gasteiger partial charge in [0.2, 0.25) is 0 Å². The van der Waals surface area contributed by atoms with Crippen LogP contribution >= 0.6 is 11.6 Å². The van der Waals surface area contributed by atoms with Gasteiger partial charge < -0.3 is 9.84 Å². The largest absolute Gasteiger partial charge is 0.477 e. The second-order valence-corrected chi connectivity index (χ2v) is 4.54. The first-order chi connectivity index (χ1) is 8.97. The molecule has 0 radical (unpaired) electrons. The van der Waals surface area contributed by atoms with Crippen LogP contribution < -0.4 is 4.74 Å². The van der Waals surface area contributed by atoms with Crippen molar-refractivity contribution in [3.8, 4) is 11.5 Å². The van der Waals surface area contributed by atoms with Gasteiger partial charge in [-0.05, 0) is 49.2 Å². The van der Waals surface area contributed by atoms with Crippen molar-refractivity contribution in [3.05, 3.63) is 52.3 Å². The normalized spacial score (nSPS) is 10.3. The van der Waals surface area contributed by atoms with E-state index in [1.165, 1.54) is 12.3 Å². The summed E-state index contributed by atoms with van der Waals surface area (Å²) in [4.78, 5) is 14.5. The Kier molecular flexibility index (Phi) is 3.71. The van der Waals surface area contributed by atoms with Gasteiger partial charge in [-0.15, -0.1) is 0 Å². The predicted octanol–water partition coefficient (Wildman–Crippen LogP) is 3.84. The van der Waals surface area contributed by atoms with Crippen LogP contribution in [0.2, 0.25) is 5.02 Å². The molecule has 0 fully saturated rings. The predicted molar refractivity (Wildman–Crippen MR) is 72.2 cm³/mol. The van der Waals surface area contributed by atoms with Gasteiger partial charge >= 0.3 is 5.97 Å². The first kappa shape index (κ1) is 13.4. The average Bonchev–Trinajstić information content (AvgIpc) is 2.36. The van der Waals surface area contributed by atoms with E-state index in [0.717, 1.165) is 11.1 Å². The second-order valence-electron chi connectivity index (χ2n) is 4.16. The van der Waals surface area contributed by atoms with Gasteiger partial charge in [0.15, 0.2) is 0 Å². The SMILES string of the molecule is Cc1cc(Oc2ccc(C(=O)O)nc2)cc(C)c1Cl. The number of nitrogens with zero attached hydrogens (tertiary/aromatic N) is 1. The summed E-state index contributed by atoms with van der Waals surface area (Å²) in [6, 6.07) is 6.60. The number of benzene rings is 1. The first-order valence-corrected chi connectivity index (χ1v) is 5.99. The van der Waals surface area contributed by atoms with Crippen LogP contribution in [0.1, 0.15) is 21.6 Å². The number of aryl methyl sites for hydroxylation is 2. The molecule has 5 heteroatoms. The van der Waals surface area contributed by atoms with Gasteiger partial charge in [0.05, 0.1) is 6.20 Å². The smallest absolute Gasteiger partial charge is 0.354 e. The van der Waals surface area contributed by atoms with Crippen LogP contribution in [-0.4, -0.2) is 16.1 Å². The molecule has 0 unspecified atom stereocenters. The number of halogens is 1. The van der Waals surface area contributed by atoms with Gasteiger partial charge in [0.1, 0.15) is 17.2 Å². The fraction of sp³-hybridized carbons (Fsp3) is 0.143. The molecule has 2 aromatic rings.